The van der Waals surface area contributed by atoms with E-state index in [4.69, 9.17) is 12.2 Å². The number of thioether (sulfide) groups is 1. The maximum Gasteiger partial charge on any atom is 0.237 e. The first kappa shape index (κ1) is 21.2. The zero-order valence-corrected chi connectivity index (χ0v) is 18.6. The highest BCUT2D eigenvalue weighted by molar-refractivity contribution is 8.23. The number of amides is 1. The number of aromatic nitrogens is 2. The van der Waals surface area contributed by atoms with Gasteiger partial charge in [-0.25, -0.2) is 9.97 Å². The fraction of sp³-hybridized carbons (Fsp3) is 0.650. The molecule has 1 aliphatic carbocycles. The summed E-state index contributed by atoms with van der Waals surface area (Å²) in [4.78, 5) is 35.3. The lowest BCUT2D eigenvalue weighted by molar-refractivity contribution is -0.113. The van der Waals surface area contributed by atoms with Crippen LogP contribution in [0.25, 0.3) is 0 Å². The molecule has 2 heterocycles. The first-order chi connectivity index (χ1) is 13.1. The van der Waals surface area contributed by atoms with Gasteiger partial charge >= 0.3 is 0 Å². The molecule has 1 N–H and O–H groups in total. The molecule has 2 unspecified atom stereocenters. The van der Waals surface area contributed by atoms with Crippen molar-refractivity contribution >= 4 is 45.9 Å². The Kier molecular flexibility index (Phi) is 6.39. The maximum atomic E-state index is 12.3. The Hall–Kier alpha value is -1.54. The first-order valence-electron chi connectivity index (χ1n) is 9.73. The third-order valence-corrected chi connectivity index (χ3v) is 6.68. The molecular formula is C20H28N4O2S2. The fourth-order valence-electron chi connectivity index (χ4n) is 4.08. The quantitative estimate of drug-likeness (QED) is 0.749. The minimum atomic E-state index is -0.188. The molecule has 1 aromatic heterocycles. The molecule has 152 valence electrons. The molecule has 0 aromatic carbocycles. The van der Waals surface area contributed by atoms with E-state index in [1.54, 1.807) is 0 Å². The van der Waals surface area contributed by atoms with Crippen LogP contribution in [-0.2, 0) is 11.2 Å². The predicted octanol–water partition coefficient (Wildman–Crippen LogP) is 3.57. The molecule has 1 amide bonds. The average Bonchev–Trinajstić information content (AvgIpc) is 2.57. The number of hydrogen-bond acceptors (Lipinski definition) is 6. The zero-order valence-electron chi connectivity index (χ0n) is 16.9. The minimum absolute atomic E-state index is 0.0648. The zero-order chi connectivity index (χ0) is 20.5. The van der Waals surface area contributed by atoms with Crippen molar-refractivity contribution in [3.8, 4) is 0 Å². The van der Waals surface area contributed by atoms with Crippen LogP contribution in [-0.4, -0.2) is 49.7 Å². The van der Waals surface area contributed by atoms with Gasteiger partial charge in [0.1, 0.15) is 4.32 Å². The number of likely N-dealkylation sites (tertiary alicyclic amines) is 1. The molecule has 1 aliphatic heterocycles. The summed E-state index contributed by atoms with van der Waals surface area (Å²) in [5.41, 5.74) is 1.16. The molecule has 6 nitrogen and oxygen atoms in total. The lowest BCUT2D eigenvalue weighted by Crippen LogP contribution is -2.41. The summed E-state index contributed by atoms with van der Waals surface area (Å²) in [5, 5.41) is 2.74. The lowest BCUT2D eigenvalue weighted by atomic mass is 9.76. The Morgan fingerprint density at radius 3 is 2.68 bits per heavy atom. The molecule has 1 fully saturated rings. The fourth-order valence-corrected chi connectivity index (χ4v) is 5.07. The third kappa shape index (κ3) is 5.29. The molecule has 0 spiro atoms. The highest BCUT2D eigenvalue weighted by Gasteiger charge is 2.32. The van der Waals surface area contributed by atoms with E-state index in [9.17, 15) is 9.59 Å². The van der Waals surface area contributed by atoms with Gasteiger partial charge < -0.3 is 4.90 Å². The normalized spacial score (nSPS) is 23.9. The van der Waals surface area contributed by atoms with E-state index < -0.39 is 0 Å². The topological polar surface area (TPSA) is 75.2 Å². The van der Waals surface area contributed by atoms with Crippen molar-refractivity contribution in [2.75, 3.05) is 24.2 Å². The molecule has 1 aromatic rings. The second-order valence-electron chi connectivity index (χ2n) is 8.95. The molecule has 2 aliphatic rings. The van der Waals surface area contributed by atoms with Gasteiger partial charge in [0, 0.05) is 25.7 Å². The Morgan fingerprint density at radius 1 is 1.32 bits per heavy atom. The van der Waals surface area contributed by atoms with Gasteiger partial charge in [0.25, 0.3) is 0 Å². The minimum Gasteiger partial charge on any atom is -0.357 e. The molecule has 3 rings (SSSR count). The van der Waals surface area contributed by atoms with Crippen molar-refractivity contribution in [1.82, 2.24) is 14.9 Å². The highest BCUT2D eigenvalue weighted by Crippen LogP contribution is 2.33. The van der Waals surface area contributed by atoms with Crippen molar-refractivity contribution in [3.63, 3.8) is 0 Å². The molecule has 1 saturated heterocycles. The van der Waals surface area contributed by atoms with Gasteiger partial charge in [-0.05, 0) is 30.1 Å². The van der Waals surface area contributed by atoms with E-state index in [1.165, 1.54) is 24.4 Å². The van der Waals surface area contributed by atoms with Gasteiger partial charge in [0.05, 0.1) is 17.0 Å². The van der Waals surface area contributed by atoms with Crippen LogP contribution < -0.4 is 5.32 Å². The summed E-state index contributed by atoms with van der Waals surface area (Å²) in [6.45, 7) is 10.5. The smallest absolute Gasteiger partial charge is 0.237 e. The van der Waals surface area contributed by atoms with E-state index in [1.807, 2.05) is 13.8 Å². The summed E-state index contributed by atoms with van der Waals surface area (Å²) < 4.78 is 0.771. The lowest BCUT2D eigenvalue weighted by Gasteiger charge is -2.36. The van der Waals surface area contributed by atoms with E-state index in [0.29, 0.717) is 35.9 Å². The Balaban J connectivity index is 1.55. The van der Waals surface area contributed by atoms with Crippen molar-refractivity contribution in [3.05, 3.63) is 17.5 Å². The summed E-state index contributed by atoms with van der Waals surface area (Å²) in [6, 6.07) is 0. The van der Waals surface area contributed by atoms with E-state index in [-0.39, 0.29) is 28.8 Å². The van der Waals surface area contributed by atoms with Gasteiger partial charge in [0.15, 0.2) is 5.78 Å². The molecule has 8 heteroatoms. The van der Waals surface area contributed by atoms with Crippen molar-refractivity contribution in [2.45, 2.75) is 47.0 Å². The van der Waals surface area contributed by atoms with Crippen LogP contribution >= 0.6 is 24.0 Å². The number of hydrogen-bond donors (Lipinski definition) is 1. The van der Waals surface area contributed by atoms with Crippen molar-refractivity contribution in [2.24, 2.45) is 17.3 Å². The van der Waals surface area contributed by atoms with E-state index in [2.05, 4.69) is 34.0 Å². The van der Waals surface area contributed by atoms with Crippen LogP contribution in [0.1, 0.15) is 56.6 Å². The number of carbonyl (C=O) groups is 2. The maximum absolute atomic E-state index is 12.3. The van der Waals surface area contributed by atoms with Gasteiger partial charge in [-0.3, -0.25) is 14.9 Å². The average molecular weight is 421 g/mol. The Bertz CT molecular complexity index is 786. The number of nitrogens with zero attached hydrogens (tertiary/aromatic N) is 3. The highest BCUT2D eigenvalue weighted by atomic mass is 32.2. The number of fused-ring (bicyclic) bond motifs is 1. The molecule has 28 heavy (non-hydrogen) atoms. The van der Waals surface area contributed by atoms with E-state index in [0.717, 1.165) is 17.4 Å². The standard InChI is InChI=1S/C20H28N4O2S2/c1-12-5-13(2)10-24(9-12)19(27)28-11-17(26)23-18-21-8-14-15(22-18)6-20(3,4)7-16(14)25/h8,12-13H,5-7,9-11H2,1-4H3,(H,21,22,23,26). The Morgan fingerprint density at radius 2 is 2.00 bits per heavy atom. The van der Waals surface area contributed by atoms with Crippen LogP contribution in [0.2, 0.25) is 0 Å². The largest absolute Gasteiger partial charge is 0.357 e. The van der Waals surface area contributed by atoms with Crippen LogP contribution in [0, 0.1) is 17.3 Å². The third-order valence-electron chi connectivity index (χ3n) is 5.16. The molecule has 0 saturated carbocycles. The second-order valence-corrected chi connectivity index (χ2v) is 10.6. The van der Waals surface area contributed by atoms with Crippen molar-refractivity contribution in [1.29, 1.82) is 0 Å². The monoisotopic (exact) mass is 420 g/mol. The van der Waals surface area contributed by atoms with E-state index >= 15 is 0 Å². The number of nitrogens with one attached hydrogen (secondary N) is 1. The predicted molar refractivity (Wildman–Crippen MR) is 117 cm³/mol. The van der Waals surface area contributed by atoms with Gasteiger partial charge in [-0.2, -0.15) is 0 Å². The van der Waals surface area contributed by atoms with Crippen LogP contribution in [0.3, 0.4) is 0 Å². The number of rotatable bonds is 3. The Labute approximate surface area is 176 Å². The summed E-state index contributed by atoms with van der Waals surface area (Å²) in [5.74, 6) is 1.59. The summed E-state index contributed by atoms with van der Waals surface area (Å²) in [7, 11) is 0. The molecule has 0 bridgehead atoms. The number of anilines is 1. The number of thiocarbonyl (C=S) groups is 1. The second kappa shape index (κ2) is 8.45. The first-order valence-corrected chi connectivity index (χ1v) is 11.1. The SMILES string of the molecule is CC1CC(C)CN(C(=S)SCC(=O)Nc2ncc3c(n2)CC(C)(C)CC3=O)C1. The van der Waals surface area contributed by atoms with Gasteiger partial charge in [-0.15, -0.1) is 0 Å². The number of carbonyl (C=O) groups excluding carboxylic acids is 2. The number of Topliss-reactive ketones (excluding diaryl/α,β-unsaturated/α-hetero) is 1. The van der Waals surface area contributed by atoms with Gasteiger partial charge in [-0.1, -0.05) is 51.7 Å². The van der Waals surface area contributed by atoms with Crippen LogP contribution in [0.5, 0.6) is 0 Å². The summed E-state index contributed by atoms with van der Waals surface area (Å²) in [6.07, 6.45) is 3.95. The molecule has 2 atom stereocenters. The van der Waals surface area contributed by atoms with Crippen molar-refractivity contribution < 1.29 is 9.59 Å². The summed E-state index contributed by atoms with van der Waals surface area (Å²) >= 11 is 6.90. The molecular weight excluding hydrogens is 392 g/mol. The number of ketones is 1. The van der Waals surface area contributed by atoms with Crippen LogP contribution in [0.15, 0.2) is 6.20 Å². The number of piperidine rings is 1. The van der Waals surface area contributed by atoms with Gasteiger partial charge in [0.2, 0.25) is 11.9 Å². The molecule has 0 radical (unpaired) electrons. The van der Waals surface area contributed by atoms with Crippen LogP contribution in [0.4, 0.5) is 5.95 Å².